The fourth-order valence-electron chi connectivity index (χ4n) is 3.48. The SMILES string of the molecule is N[C@@H](Cc1ccc(OCc2ccccc2)cc1)C(=O)OCc1ccc(OCc2ccccc2)cc1. The largest absolute Gasteiger partial charge is 0.489 e. The molecule has 0 fully saturated rings. The maximum atomic E-state index is 12.4. The minimum Gasteiger partial charge on any atom is -0.489 e. The predicted molar refractivity (Wildman–Crippen MR) is 136 cm³/mol. The Balaban J connectivity index is 1.19. The number of rotatable bonds is 11. The lowest BCUT2D eigenvalue weighted by Crippen LogP contribution is -2.34. The minimum absolute atomic E-state index is 0.164. The summed E-state index contributed by atoms with van der Waals surface area (Å²) < 4.78 is 17.0. The van der Waals surface area contributed by atoms with Crippen LogP contribution in [-0.2, 0) is 35.8 Å². The zero-order valence-corrected chi connectivity index (χ0v) is 19.5. The van der Waals surface area contributed by atoms with Gasteiger partial charge in [-0.15, -0.1) is 0 Å². The molecule has 0 amide bonds. The predicted octanol–water partition coefficient (Wildman–Crippen LogP) is 5.46. The fourth-order valence-corrected chi connectivity index (χ4v) is 3.48. The van der Waals surface area contributed by atoms with Gasteiger partial charge in [-0.2, -0.15) is 0 Å². The van der Waals surface area contributed by atoms with Crippen LogP contribution in [0.4, 0.5) is 0 Å². The molecule has 4 rings (SSSR count). The van der Waals surface area contributed by atoms with Crippen LogP contribution in [0.2, 0.25) is 0 Å². The molecule has 0 unspecified atom stereocenters. The van der Waals surface area contributed by atoms with Gasteiger partial charge in [0.1, 0.15) is 37.4 Å². The molecular formula is C30H29NO4. The Labute approximate surface area is 206 Å². The van der Waals surface area contributed by atoms with Crippen LogP contribution >= 0.6 is 0 Å². The second-order valence-electron chi connectivity index (χ2n) is 8.25. The number of benzene rings is 4. The lowest BCUT2D eigenvalue weighted by Gasteiger charge is -2.13. The molecule has 5 heteroatoms. The van der Waals surface area contributed by atoms with E-state index in [-0.39, 0.29) is 6.61 Å². The zero-order chi connectivity index (χ0) is 24.3. The van der Waals surface area contributed by atoms with E-state index in [0.717, 1.165) is 33.8 Å². The number of carbonyl (C=O) groups is 1. The summed E-state index contributed by atoms with van der Waals surface area (Å²) in [4.78, 5) is 12.4. The second-order valence-corrected chi connectivity index (χ2v) is 8.25. The number of hydrogen-bond donors (Lipinski definition) is 1. The topological polar surface area (TPSA) is 70.8 Å². The quantitative estimate of drug-likeness (QED) is 0.297. The molecule has 0 saturated heterocycles. The van der Waals surface area contributed by atoms with Crippen LogP contribution in [0, 0.1) is 0 Å². The summed E-state index contributed by atoms with van der Waals surface area (Å²) in [6.07, 6.45) is 0.393. The third kappa shape index (κ3) is 7.73. The summed E-state index contributed by atoms with van der Waals surface area (Å²) in [6, 6.07) is 34.3. The molecule has 35 heavy (non-hydrogen) atoms. The first-order valence-electron chi connectivity index (χ1n) is 11.6. The summed E-state index contributed by atoms with van der Waals surface area (Å²) in [6.45, 7) is 1.17. The first kappa shape index (κ1) is 24.0. The number of nitrogens with two attached hydrogens (primary N) is 1. The van der Waals surface area contributed by atoms with Crippen molar-refractivity contribution in [3.8, 4) is 11.5 Å². The van der Waals surface area contributed by atoms with E-state index in [9.17, 15) is 4.79 Å². The zero-order valence-electron chi connectivity index (χ0n) is 19.5. The molecule has 0 saturated carbocycles. The fraction of sp³-hybridized carbons (Fsp3) is 0.167. The van der Waals surface area contributed by atoms with E-state index in [1.54, 1.807) is 0 Å². The summed E-state index contributed by atoms with van der Waals surface area (Å²) in [5.41, 5.74) is 10.1. The van der Waals surface area contributed by atoms with Crippen molar-refractivity contribution in [2.24, 2.45) is 5.73 Å². The number of esters is 1. The molecule has 0 aliphatic heterocycles. The molecule has 0 bridgehead atoms. The van der Waals surface area contributed by atoms with E-state index in [1.165, 1.54) is 0 Å². The van der Waals surface area contributed by atoms with E-state index < -0.39 is 12.0 Å². The van der Waals surface area contributed by atoms with Gasteiger partial charge in [0.05, 0.1) is 0 Å². The van der Waals surface area contributed by atoms with Crippen molar-refractivity contribution in [2.45, 2.75) is 32.3 Å². The molecule has 4 aromatic rings. The Kier molecular flexibility index (Phi) is 8.52. The van der Waals surface area contributed by atoms with Crippen LogP contribution in [-0.4, -0.2) is 12.0 Å². The van der Waals surface area contributed by atoms with Crippen LogP contribution in [0.25, 0.3) is 0 Å². The Morgan fingerprint density at radius 1 is 0.571 bits per heavy atom. The van der Waals surface area contributed by atoms with Gasteiger partial charge < -0.3 is 19.9 Å². The molecule has 5 nitrogen and oxygen atoms in total. The second kappa shape index (κ2) is 12.4. The van der Waals surface area contributed by atoms with Crippen LogP contribution in [0.5, 0.6) is 11.5 Å². The van der Waals surface area contributed by atoms with Crippen molar-refractivity contribution in [3.63, 3.8) is 0 Å². The maximum Gasteiger partial charge on any atom is 0.323 e. The van der Waals surface area contributed by atoms with Crippen molar-refractivity contribution in [2.75, 3.05) is 0 Å². The lowest BCUT2D eigenvalue weighted by molar-refractivity contribution is -0.146. The standard InChI is InChI=1S/C30H29NO4/c31-29(19-23-11-15-27(16-12-23)33-20-24-7-3-1-4-8-24)30(32)35-22-26-13-17-28(18-14-26)34-21-25-9-5-2-6-10-25/h1-18,29H,19-22,31H2/t29-/m0/s1. The van der Waals surface area contributed by atoms with Crippen molar-refractivity contribution < 1.29 is 19.0 Å². The van der Waals surface area contributed by atoms with Crippen molar-refractivity contribution in [1.29, 1.82) is 0 Å². The molecule has 2 N–H and O–H groups in total. The van der Waals surface area contributed by atoms with Crippen LogP contribution < -0.4 is 15.2 Å². The van der Waals surface area contributed by atoms with Gasteiger partial charge in [-0.3, -0.25) is 4.79 Å². The van der Waals surface area contributed by atoms with E-state index in [2.05, 4.69) is 0 Å². The highest BCUT2D eigenvalue weighted by atomic mass is 16.5. The lowest BCUT2D eigenvalue weighted by atomic mass is 10.1. The Morgan fingerprint density at radius 3 is 1.49 bits per heavy atom. The normalized spacial score (nSPS) is 11.5. The minimum atomic E-state index is -0.737. The molecule has 0 heterocycles. The van der Waals surface area contributed by atoms with Gasteiger partial charge in [-0.1, -0.05) is 84.9 Å². The smallest absolute Gasteiger partial charge is 0.323 e. The Morgan fingerprint density at radius 2 is 1.00 bits per heavy atom. The Bertz CT molecular complexity index is 1180. The maximum absolute atomic E-state index is 12.4. The van der Waals surface area contributed by atoms with Gasteiger partial charge in [0, 0.05) is 0 Å². The van der Waals surface area contributed by atoms with E-state index in [1.807, 2.05) is 109 Å². The molecule has 4 aromatic carbocycles. The number of carbonyl (C=O) groups excluding carboxylic acids is 1. The highest BCUT2D eigenvalue weighted by Crippen LogP contribution is 2.17. The molecule has 0 aromatic heterocycles. The summed E-state index contributed by atoms with van der Waals surface area (Å²) >= 11 is 0. The summed E-state index contributed by atoms with van der Waals surface area (Å²) in [5, 5.41) is 0. The average Bonchev–Trinajstić information content (AvgIpc) is 2.92. The highest BCUT2D eigenvalue weighted by molar-refractivity contribution is 5.75. The molecule has 0 radical (unpaired) electrons. The van der Waals surface area contributed by atoms with Gasteiger partial charge in [0.15, 0.2) is 0 Å². The third-order valence-corrected chi connectivity index (χ3v) is 5.48. The van der Waals surface area contributed by atoms with E-state index >= 15 is 0 Å². The molecular weight excluding hydrogens is 438 g/mol. The number of ether oxygens (including phenoxy) is 3. The van der Waals surface area contributed by atoms with E-state index in [4.69, 9.17) is 19.9 Å². The van der Waals surface area contributed by atoms with Gasteiger partial charge in [0.25, 0.3) is 0 Å². The Hall–Kier alpha value is -4.09. The van der Waals surface area contributed by atoms with Gasteiger partial charge in [0.2, 0.25) is 0 Å². The molecule has 1 atom stereocenters. The monoisotopic (exact) mass is 467 g/mol. The van der Waals surface area contributed by atoms with Crippen LogP contribution in [0.3, 0.4) is 0 Å². The third-order valence-electron chi connectivity index (χ3n) is 5.48. The van der Waals surface area contributed by atoms with Gasteiger partial charge in [-0.05, 0) is 52.9 Å². The first-order valence-corrected chi connectivity index (χ1v) is 11.6. The van der Waals surface area contributed by atoms with Gasteiger partial charge in [-0.25, -0.2) is 0 Å². The first-order chi connectivity index (χ1) is 17.2. The number of hydrogen-bond acceptors (Lipinski definition) is 5. The average molecular weight is 468 g/mol. The molecule has 0 spiro atoms. The van der Waals surface area contributed by atoms with E-state index in [0.29, 0.717) is 19.6 Å². The van der Waals surface area contributed by atoms with Crippen LogP contribution in [0.1, 0.15) is 22.3 Å². The van der Waals surface area contributed by atoms with Crippen LogP contribution in [0.15, 0.2) is 109 Å². The van der Waals surface area contributed by atoms with Crippen molar-refractivity contribution >= 4 is 5.97 Å². The summed E-state index contributed by atoms with van der Waals surface area (Å²) in [7, 11) is 0. The summed E-state index contributed by atoms with van der Waals surface area (Å²) in [5.74, 6) is 1.10. The van der Waals surface area contributed by atoms with Crippen molar-refractivity contribution in [3.05, 3.63) is 131 Å². The molecule has 178 valence electrons. The van der Waals surface area contributed by atoms with Crippen molar-refractivity contribution in [1.82, 2.24) is 0 Å². The molecule has 0 aliphatic carbocycles. The van der Waals surface area contributed by atoms with Gasteiger partial charge >= 0.3 is 5.97 Å². The molecule has 0 aliphatic rings. The highest BCUT2D eigenvalue weighted by Gasteiger charge is 2.16.